The van der Waals surface area contributed by atoms with Crippen molar-refractivity contribution in [2.75, 3.05) is 0 Å². The van der Waals surface area contributed by atoms with E-state index in [0.29, 0.717) is 5.82 Å². The summed E-state index contributed by atoms with van der Waals surface area (Å²) in [5, 5.41) is 0. The lowest BCUT2D eigenvalue weighted by Crippen LogP contribution is -1.93. The van der Waals surface area contributed by atoms with Crippen molar-refractivity contribution in [2.45, 2.75) is 6.92 Å². The van der Waals surface area contributed by atoms with Crippen molar-refractivity contribution < 1.29 is 0 Å². The molecule has 0 aliphatic carbocycles. The predicted molar refractivity (Wildman–Crippen MR) is 71.0 cm³/mol. The Morgan fingerprint density at radius 3 is 1.89 bits per heavy atom. The first-order valence-corrected chi connectivity index (χ1v) is 5.84. The summed E-state index contributed by atoms with van der Waals surface area (Å²) in [4.78, 5) is 20.9. The number of hydrogen-bond acceptors (Lipinski definition) is 5. The second kappa shape index (κ2) is 4.89. The smallest absolute Gasteiger partial charge is 0.162 e. The van der Waals surface area contributed by atoms with Crippen LogP contribution in [0.5, 0.6) is 0 Å². The maximum atomic E-state index is 4.34. The zero-order chi connectivity index (χ0) is 13.1. The largest absolute Gasteiger partial charge is 0.265 e. The van der Waals surface area contributed by atoms with Crippen LogP contribution in [0.15, 0.2) is 49.3 Å². The average molecular weight is 249 g/mol. The molecule has 3 aromatic rings. The van der Waals surface area contributed by atoms with E-state index in [2.05, 4.69) is 24.9 Å². The summed E-state index contributed by atoms with van der Waals surface area (Å²) in [6, 6.07) is 3.85. The molecule has 3 rings (SSSR count). The quantitative estimate of drug-likeness (QED) is 0.697. The molecular weight excluding hydrogens is 238 g/mol. The summed E-state index contributed by atoms with van der Waals surface area (Å²) in [5.41, 5.74) is 2.81. The van der Waals surface area contributed by atoms with Crippen LogP contribution in [0.1, 0.15) is 5.82 Å². The van der Waals surface area contributed by atoms with E-state index in [0.717, 1.165) is 22.5 Å². The first-order chi connectivity index (χ1) is 9.33. The topological polar surface area (TPSA) is 64.5 Å². The molecule has 0 saturated carbocycles. The zero-order valence-electron chi connectivity index (χ0n) is 10.4. The highest BCUT2D eigenvalue weighted by Crippen LogP contribution is 2.18. The van der Waals surface area contributed by atoms with Gasteiger partial charge in [-0.05, 0) is 24.6 Å². The molecule has 0 atom stereocenters. The minimum absolute atomic E-state index is 0.623. The third kappa shape index (κ3) is 2.44. The van der Waals surface area contributed by atoms with Crippen molar-refractivity contribution in [3.05, 3.63) is 55.1 Å². The van der Waals surface area contributed by atoms with E-state index in [1.165, 1.54) is 0 Å². The van der Waals surface area contributed by atoms with Gasteiger partial charge in [-0.2, -0.15) is 0 Å². The highest BCUT2D eigenvalue weighted by atomic mass is 14.9. The highest BCUT2D eigenvalue weighted by molar-refractivity contribution is 5.62. The van der Waals surface area contributed by atoms with Gasteiger partial charge in [0.1, 0.15) is 5.82 Å². The Morgan fingerprint density at radius 1 is 0.684 bits per heavy atom. The van der Waals surface area contributed by atoms with Crippen molar-refractivity contribution in [3.8, 4) is 22.5 Å². The first-order valence-electron chi connectivity index (χ1n) is 5.84. The SMILES string of the molecule is Cc1ncc(-c2ncc(-c3ccncc3)cn2)cn1. The molecule has 19 heavy (non-hydrogen) atoms. The van der Waals surface area contributed by atoms with E-state index in [1.54, 1.807) is 37.2 Å². The number of aromatic nitrogens is 5. The van der Waals surface area contributed by atoms with Gasteiger partial charge in [0.15, 0.2) is 5.82 Å². The second-order valence-corrected chi connectivity index (χ2v) is 4.05. The van der Waals surface area contributed by atoms with E-state index in [4.69, 9.17) is 0 Å². The van der Waals surface area contributed by atoms with Gasteiger partial charge in [0, 0.05) is 42.7 Å². The molecule has 0 spiro atoms. The summed E-state index contributed by atoms with van der Waals surface area (Å²) < 4.78 is 0. The maximum Gasteiger partial charge on any atom is 0.162 e. The van der Waals surface area contributed by atoms with Crippen LogP contribution >= 0.6 is 0 Å². The van der Waals surface area contributed by atoms with Crippen LogP contribution in [-0.2, 0) is 0 Å². The molecule has 3 heterocycles. The summed E-state index contributed by atoms with van der Waals surface area (Å²) in [5.74, 6) is 1.36. The molecule has 0 aromatic carbocycles. The van der Waals surface area contributed by atoms with Gasteiger partial charge in [0.25, 0.3) is 0 Å². The van der Waals surface area contributed by atoms with Gasteiger partial charge in [0.2, 0.25) is 0 Å². The third-order valence-electron chi connectivity index (χ3n) is 2.70. The van der Waals surface area contributed by atoms with Crippen LogP contribution < -0.4 is 0 Å². The number of hydrogen-bond donors (Lipinski definition) is 0. The standard InChI is InChI=1S/C14H11N5/c1-10-16-8-13(9-17-10)14-18-6-12(7-19-14)11-2-4-15-5-3-11/h2-9H,1H3. The van der Waals surface area contributed by atoms with E-state index in [9.17, 15) is 0 Å². The summed E-state index contributed by atoms with van der Waals surface area (Å²) in [6.45, 7) is 1.84. The van der Waals surface area contributed by atoms with Crippen molar-refractivity contribution in [2.24, 2.45) is 0 Å². The average Bonchev–Trinajstić information content (AvgIpc) is 2.49. The summed E-state index contributed by atoms with van der Waals surface area (Å²) >= 11 is 0. The Kier molecular flexibility index (Phi) is 2.94. The number of pyridine rings is 1. The van der Waals surface area contributed by atoms with E-state index < -0.39 is 0 Å². The third-order valence-corrected chi connectivity index (χ3v) is 2.70. The van der Waals surface area contributed by atoms with Crippen molar-refractivity contribution >= 4 is 0 Å². The molecule has 0 bridgehead atoms. The molecule has 5 nitrogen and oxygen atoms in total. The fourth-order valence-electron chi connectivity index (χ4n) is 1.68. The minimum atomic E-state index is 0.623. The van der Waals surface area contributed by atoms with Gasteiger partial charge >= 0.3 is 0 Å². The summed E-state index contributed by atoms with van der Waals surface area (Å²) in [7, 11) is 0. The molecule has 0 aliphatic rings. The summed E-state index contributed by atoms with van der Waals surface area (Å²) in [6.07, 6.45) is 10.5. The van der Waals surface area contributed by atoms with Crippen LogP contribution in [0.2, 0.25) is 0 Å². The van der Waals surface area contributed by atoms with Crippen LogP contribution in [0.4, 0.5) is 0 Å². The molecule has 0 aliphatic heterocycles. The lowest BCUT2D eigenvalue weighted by molar-refractivity contribution is 1.04. The molecular formula is C14H11N5. The fraction of sp³-hybridized carbons (Fsp3) is 0.0714. The Morgan fingerprint density at radius 2 is 1.26 bits per heavy atom. The predicted octanol–water partition coefficient (Wildman–Crippen LogP) is 2.30. The van der Waals surface area contributed by atoms with E-state index in [-0.39, 0.29) is 0 Å². The molecule has 3 aromatic heterocycles. The molecule has 0 N–H and O–H groups in total. The molecule has 0 amide bonds. The van der Waals surface area contributed by atoms with Gasteiger partial charge in [-0.25, -0.2) is 19.9 Å². The molecule has 0 saturated heterocycles. The van der Waals surface area contributed by atoms with Crippen LogP contribution in [-0.4, -0.2) is 24.9 Å². The monoisotopic (exact) mass is 249 g/mol. The van der Waals surface area contributed by atoms with E-state index >= 15 is 0 Å². The Labute approximate surface area is 110 Å². The van der Waals surface area contributed by atoms with Crippen LogP contribution in [0.3, 0.4) is 0 Å². The lowest BCUT2D eigenvalue weighted by atomic mass is 10.1. The fourth-order valence-corrected chi connectivity index (χ4v) is 1.68. The minimum Gasteiger partial charge on any atom is -0.265 e. The number of aryl methyl sites for hydroxylation is 1. The highest BCUT2D eigenvalue weighted by Gasteiger charge is 2.03. The van der Waals surface area contributed by atoms with Crippen LogP contribution in [0.25, 0.3) is 22.5 Å². The molecule has 0 radical (unpaired) electrons. The van der Waals surface area contributed by atoms with Crippen molar-refractivity contribution in [1.82, 2.24) is 24.9 Å². The van der Waals surface area contributed by atoms with Crippen LogP contribution in [0, 0.1) is 6.92 Å². The van der Waals surface area contributed by atoms with Gasteiger partial charge in [-0.15, -0.1) is 0 Å². The Bertz CT molecular complexity index is 662. The van der Waals surface area contributed by atoms with Gasteiger partial charge in [-0.3, -0.25) is 4.98 Å². The Balaban J connectivity index is 1.93. The molecule has 0 unspecified atom stereocenters. The maximum absolute atomic E-state index is 4.34. The number of rotatable bonds is 2. The van der Waals surface area contributed by atoms with Gasteiger partial charge in [0.05, 0.1) is 5.56 Å². The van der Waals surface area contributed by atoms with Gasteiger partial charge in [-0.1, -0.05) is 0 Å². The lowest BCUT2D eigenvalue weighted by Gasteiger charge is -2.02. The number of nitrogens with zero attached hydrogens (tertiary/aromatic N) is 5. The Hall–Kier alpha value is -2.69. The van der Waals surface area contributed by atoms with Crippen molar-refractivity contribution in [1.29, 1.82) is 0 Å². The molecule has 5 heteroatoms. The first kappa shape index (κ1) is 11.4. The zero-order valence-corrected chi connectivity index (χ0v) is 10.4. The molecule has 92 valence electrons. The van der Waals surface area contributed by atoms with Crippen molar-refractivity contribution in [3.63, 3.8) is 0 Å². The normalized spacial score (nSPS) is 10.4. The van der Waals surface area contributed by atoms with Gasteiger partial charge < -0.3 is 0 Å². The van der Waals surface area contributed by atoms with E-state index in [1.807, 2.05) is 19.1 Å². The second-order valence-electron chi connectivity index (χ2n) is 4.05. The molecule has 0 fully saturated rings.